The average molecular weight is 488 g/mol. The summed E-state index contributed by atoms with van der Waals surface area (Å²) in [7, 11) is 0. The van der Waals surface area contributed by atoms with Crippen LogP contribution in [0.25, 0.3) is 5.57 Å². The van der Waals surface area contributed by atoms with E-state index in [0.29, 0.717) is 0 Å². The van der Waals surface area contributed by atoms with Crippen molar-refractivity contribution in [1.82, 2.24) is 16.0 Å². The van der Waals surface area contributed by atoms with Crippen molar-refractivity contribution in [3.8, 4) is 0 Å². The predicted octanol–water partition coefficient (Wildman–Crippen LogP) is 4.30. The molecule has 1 aromatic rings. The van der Waals surface area contributed by atoms with Gasteiger partial charge in [0.1, 0.15) is 11.9 Å². The lowest BCUT2D eigenvalue weighted by atomic mass is 9.99. The van der Waals surface area contributed by atoms with Crippen LogP contribution in [0.15, 0.2) is 42.0 Å². The van der Waals surface area contributed by atoms with Crippen molar-refractivity contribution < 1.29 is 14.4 Å². The zero-order valence-corrected chi connectivity index (χ0v) is 21.9. The van der Waals surface area contributed by atoms with Crippen molar-refractivity contribution in [2.45, 2.75) is 72.5 Å². The fourth-order valence-electron chi connectivity index (χ4n) is 3.88. The number of nitrogens with one attached hydrogen (secondary N) is 3. The highest BCUT2D eigenvalue weighted by molar-refractivity contribution is 6.27. The molecule has 1 heterocycles. The van der Waals surface area contributed by atoms with Gasteiger partial charge in [0.05, 0.1) is 17.5 Å². The minimum absolute atomic E-state index is 0.0228. The molecule has 1 saturated carbocycles. The number of allylic oxidation sites excluding steroid dienone is 4. The SMILES string of the molecule is C/C=C\C(C)=C(/C)c1ccc(C(C)NC(=O)C2CCCN2)cc1.CC1(C)C(=O)C1NC(=O)CCl. The third-order valence-electron chi connectivity index (χ3n) is 6.55. The van der Waals surface area contributed by atoms with Gasteiger partial charge in [0.25, 0.3) is 0 Å². The van der Waals surface area contributed by atoms with E-state index in [-0.39, 0.29) is 47.0 Å². The van der Waals surface area contributed by atoms with E-state index in [4.69, 9.17) is 11.6 Å². The first kappa shape index (κ1) is 27.8. The smallest absolute Gasteiger partial charge is 0.237 e. The third kappa shape index (κ3) is 7.28. The quantitative estimate of drug-likeness (QED) is 0.395. The summed E-state index contributed by atoms with van der Waals surface area (Å²) in [6.07, 6.45) is 6.20. The summed E-state index contributed by atoms with van der Waals surface area (Å²) in [5.41, 5.74) is 4.54. The zero-order valence-electron chi connectivity index (χ0n) is 21.1. The second kappa shape index (κ2) is 12.3. The van der Waals surface area contributed by atoms with Crippen LogP contribution in [-0.4, -0.2) is 42.1 Å². The number of halogens is 1. The average Bonchev–Trinajstić information content (AvgIpc) is 3.21. The summed E-state index contributed by atoms with van der Waals surface area (Å²) < 4.78 is 0. The first-order valence-corrected chi connectivity index (χ1v) is 12.4. The van der Waals surface area contributed by atoms with E-state index in [1.165, 1.54) is 16.7 Å². The number of carbonyl (C=O) groups excluding carboxylic acids is 3. The molecule has 0 aromatic heterocycles. The molecule has 1 aromatic carbocycles. The number of hydrogen-bond acceptors (Lipinski definition) is 4. The van der Waals surface area contributed by atoms with Gasteiger partial charge < -0.3 is 16.0 Å². The molecule has 186 valence electrons. The van der Waals surface area contributed by atoms with Crippen LogP contribution in [0.4, 0.5) is 0 Å². The molecule has 3 unspecified atom stereocenters. The zero-order chi connectivity index (χ0) is 25.5. The molecule has 0 bridgehead atoms. The van der Waals surface area contributed by atoms with Crippen molar-refractivity contribution in [3.63, 3.8) is 0 Å². The van der Waals surface area contributed by atoms with Gasteiger partial charge in [-0.05, 0) is 69.4 Å². The molecule has 34 heavy (non-hydrogen) atoms. The van der Waals surface area contributed by atoms with Gasteiger partial charge in [0.15, 0.2) is 5.78 Å². The van der Waals surface area contributed by atoms with E-state index in [0.717, 1.165) is 24.9 Å². The molecule has 1 saturated heterocycles. The summed E-state index contributed by atoms with van der Waals surface area (Å²) in [6, 6.07) is 8.17. The van der Waals surface area contributed by atoms with E-state index < -0.39 is 0 Å². The van der Waals surface area contributed by atoms with Crippen LogP contribution in [-0.2, 0) is 14.4 Å². The lowest BCUT2D eigenvalue weighted by Gasteiger charge is -2.18. The maximum absolute atomic E-state index is 12.2. The molecule has 0 radical (unpaired) electrons. The van der Waals surface area contributed by atoms with Crippen LogP contribution in [0.1, 0.15) is 71.6 Å². The standard InChI is InChI=1S/C20H28N2O.C7H10ClNO2/c1-5-7-14(2)15(3)17-9-11-18(12-10-17)16(4)22-20(23)19-8-6-13-21-19;1-7(2)5(6(7)11)9-4(10)3-8/h5,7,9-12,16,19,21H,6,8,13H2,1-4H3,(H,22,23);5H,3H2,1-2H3,(H,9,10)/b7-5-,15-14+;. The largest absolute Gasteiger partial charge is 0.348 e. The number of alkyl halides is 1. The van der Waals surface area contributed by atoms with Gasteiger partial charge in [-0.2, -0.15) is 0 Å². The second-order valence-corrected chi connectivity index (χ2v) is 9.80. The Morgan fingerprint density at radius 1 is 1.24 bits per heavy atom. The van der Waals surface area contributed by atoms with Crippen molar-refractivity contribution in [2.75, 3.05) is 12.4 Å². The normalized spacial score (nSPS) is 22.4. The Morgan fingerprint density at radius 3 is 2.32 bits per heavy atom. The summed E-state index contributed by atoms with van der Waals surface area (Å²) in [5, 5.41) is 8.87. The first-order valence-electron chi connectivity index (χ1n) is 11.9. The number of amides is 2. The monoisotopic (exact) mass is 487 g/mol. The molecular weight excluding hydrogens is 450 g/mol. The van der Waals surface area contributed by atoms with E-state index in [9.17, 15) is 14.4 Å². The van der Waals surface area contributed by atoms with Gasteiger partial charge in [-0.15, -0.1) is 11.6 Å². The van der Waals surface area contributed by atoms with Crippen LogP contribution < -0.4 is 16.0 Å². The number of Topliss-reactive ketones (excluding diaryl/α,β-unsaturated/α-hetero) is 1. The van der Waals surface area contributed by atoms with E-state index in [1.54, 1.807) is 13.8 Å². The van der Waals surface area contributed by atoms with Gasteiger partial charge >= 0.3 is 0 Å². The summed E-state index contributed by atoms with van der Waals surface area (Å²) >= 11 is 5.24. The van der Waals surface area contributed by atoms with Crippen LogP contribution in [0.5, 0.6) is 0 Å². The van der Waals surface area contributed by atoms with Crippen molar-refractivity contribution in [2.24, 2.45) is 5.41 Å². The lowest BCUT2D eigenvalue weighted by Crippen LogP contribution is -2.41. The Labute approximate surface area is 208 Å². The number of rotatable bonds is 7. The van der Waals surface area contributed by atoms with Gasteiger partial charge in [0, 0.05) is 0 Å². The minimum Gasteiger partial charge on any atom is -0.348 e. The van der Waals surface area contributed by atoms with Crippen molar-refractivity contribution in [1.29, 1.82) is 0 Å². The number of ketones is 1. The summed E-state index contributed by atoms with van der Waals surface area (Å²) in [6.45, 7) is 12.9. The molecule has 2 amide bonds. The fraction of sp³-hybridized carbons (Fsp3) is 0.519. The van der Waals surface area contributed by atoms with E-state index >= 15 is 0 Å². The Morgan fingerprint density at radius 2 is 1.85 bits per heavy atom. The van der Waals surface area contributed by atoms with Gasteiger partial charge in [-0.25, -0.2) is 0 Å². The fourth-order valence-corrected chi connectivity index (χ4v) is 3.96. The Hall–Kier alpha value is -2.44. The van der Waals surface area contributed by atoms with E-state index in [1.807, 2.05) is 13.8 Å². The van der Waals surface area contributed by atoms with Gasteiger partial charge in [-0.1, -0.05) is 50.3 Å². The molecule has 3 rings (SSSR count). The molecule has 2 aliphatic rings. The maximum atomic E-state index is 12.2. The van der Waals surface area contributed by atoms with Crippen LogP contribution in [0.2, 0.25) is 0 Å². The first-order chi connectivity index (χ1) is 16.0. The molecule has 1 aliphatic carbocycles. The topological polar surface area (TPSA) is 87.3 Å². The van der Waals surface area contributed by atoms with Gasteiger partial charge in [0.2, 0.25) is 11.8 Å². The molecule has 7 heteroatoms. The minimum atomic E-state index is -0.373. The highest BCUT2D eigenvalue weighted by Crippen LogP contribution is 2.39. The highest BCUT2D eigenvalue weighted by Gasteiger charge is 2.58. The van der Waals surface area contributed by atoms with Crippen molar-refractivity contribution in [3.05, 3.63) is 53.1 Å². The van der Waals surface area contributed by atoms with Crippen LogP contribution >= 0.6 is 11.6 Å². The Kier molecular flexibility index (Phi) is 10.1. The molecule has 6 nitrogen and oxygen atoms in total. The Balaban J connectivity index is 0.000000310. The third-order valence-corrected chi connectivity index (χ3v) is 6.79. The number of hydrogen-bond donors (Lipinski definition) is 3. The van der Waals surface area contributed by atoms with Crippen LogP contribution in [0, 0.1) is 5.41 Å². The molecule has 3 atom stereocenters. The van der Waals surface area contributed by atoms with Gasteiger partial charge in [-0.3, -0.25) is 14.4 Å². The summed E-state index contributed by atoms with van der Waals surface area (Å²) in [4.78, 5) is 33.8. The lowest BCUT2D eigenvalue weighted by molar-refractivity contribution is -0.123. The predicted molar refractivity (Wildman–Crippen MR) is 139 cm³/mol. The Bertz CT molecular complexity index is 944. The number of benzene rings is 1. The van der Waals surface area contributed by atoms with E-state index in [2.05, 4.69) is 66.2 Å². The molecule has 0 spiro atoms. The van der Waals surface area contributed by atoms with Crippen molar-refractivity contribution >= 4 is 34.8 Å². The molecular formula is C27H38ClN3O3. The summed E-state index contributed by atoms with van der Waals surface area (Å²) in [5.74, 6) is -0.175. The molecule has 3 N–H and O–H groups in total. The molecule has 2 fully saturated rings. The maximum Gasteiger partial charge on any atom is 0.237 e. The van der Waals surface area contributed by atoms with Crippen LogP contribution in [0.3, 0.4) is 0 Å². The number of carbonyl (C=O) groups is 3. The second-order valence-electron chi connectivity index (χ2n) is 9.53. The highest BCUT2D eigenvalue weighted by atomic mass is 35.5. The molecule has 1 aliphatic heterocycles.